The number of carbonyl (C=O) groups excluding carboxylic acids is 1. The van der Waals surface area contributed by atoms with E-state index in [-0.39, 0.29) is 30.5 Å². The summed E-state index contributed by atoms with van der Waals surface area (Å²) in [5, 5.41) is 0. The maximum absolute atomic E-state index is 12.6. The molecule has 2 rings (SSSR count). The molecule has 1 aliphatic rings. The van der Waals surface area contributed by atoms with Gasteiger partial charge in [-0.3, -0.25) is 4.79 Å². The van der Waals surface area contributed by atoms with Gasteiger partial charge in [-0.15, -0.1) is 0 Å². The largest absolute Gasteiger partial charge is 0.391 e. The molecule has 8 heteroatoms. The second-order valence-electron chi connectivity index (χ2n) is 5.55. The van der Waals surface area contributed by atoms with E-state index in [9.17, 15) is 22.8 Å². The molecular weight excluding hydrogens is 287 g/mol. The first-order valence-corrected chi connectivity index (χ1v) is 6.79. The number of aromatic amines is 1. The van der Waals surface area contributed by atoms with Crippen molar-refractivity contribution in [1.29, 1.82) is 0 Å². The molecule has 21 heavy (non-hydrogen) atoms. The molecule has 0 saturated heterocycles. The van der Waals surface area contributed by atoms with Crippen molar-refractivity contribution in [3.8, 4) is 0 Å². The summed E-state index contributed by atoms with van der Waals surface area (Å²) >= 11 is 0. The van der Waals surface area contributed by atoms with E-state index in [1.807, 2.05) is 0 Å². The first-order valence-electron chi connectivity index (χ1n) is 6.79. The van der Waals surface area contributed by atoms with Gasteiger partial charge in [0.15, 0.2) is 0 Å². The highest BCUT2D eigenvalue weighted by molar-refractivity contribution is 5.92. The second-order valence-corrected chi connectivity index (χ2v) is 5.55. The van der Waals surface area contributed by atoms with Gasteiger partial charge in [-0.25, -0.2) is 4.79 Å². The predicted octanol–water partition coefficient (Wildman–Crippen LogP) is 1.91. The third-order valence-corrected chi connectivity index (χ3v) is 4.14. The lowest BCUT2D eigenvalue weighted by molar-refractivity contribution is -0.183. The van der Waals surface area contributed by atoms with Crippen molar-refractivity contribution in [2.45, 2.75) is 37.9 Å². The molecule has 0 bridgehead atoms. The minimum absolute atomic E-state index is 0.0388. The van der Waals surface area contributed by atoms with Crippen LogP contribution in [-0.2, 0) is 7.05 Å². The molecule has 5 nitrogen and oxygen atoms in total. The Balaban J connectivity index is 2.00. The number of alkyl halides is 3. The van der Waals surface area contributed by atoms with Crippen LogP contribution in [0.5, 0.6) is 0 Å². The maximum atomic E-state index is 12.6. The average Bonchev–Trinajstić information content (AvgIpc) is 2.76. The van der Waals surface area contributed by atoms with Gasteiger partial charge in [-0.05, 0) is 25.7 Å². The molecule has 1 aromatic heterocycles. The van der Waals surface area contributed by atoms with Gasteiger partial charge in [-0.2, -0.15) is 13.2 Å². The summed E-state index contributed by atoms with van der Waals surface area (Å²) in [5.74, 6) is -1.64. The lowest BCUT2D eigenvalue weighted by Gasteiger charge is -2.35. The Kier molecular flexibility index (Phi) is 4.15. The van der Waals surface area contributed by atoms with Gasteiger partial charge in [0.2, 0.25) is 0 Å². The van der Waals surface area contributed by atoms with Crippen LogP contribution < -0.4 is 5.69 Å². The number of H-pyrrole nitrogens is 1. The zero-order valence-electron chi connectivity index (χ0n) is 11.9. The Morgan fingerprint density at radius 1 is 1.33 bits per heavy atom. The van der Waals surface area contributed by atoms with Gasteiger partial charge >= 0.3 is 11.9 Å². The van der Waals surface area contributed by atoms with Gasteiger partial charge < -0.3 is 14.5 Å². The van der Waals surface area contributed by atoms with E-state index in [0.717, 1.165) is 0 Å². The highest BCUT2D eigenvalue weighted by Crippen LogP contribution is 2.38. The number of hydrogen-bond acceptors (Lipinski definition) is 2. The second kappa shape index (κ2) is 5.57. The van der Waals surface area contributed by atoms with Crippen LogP contribution in [0.15, 0.2) is 11.0 Å². The van der Waals surface area contributed by atoms with Crippen LogP contribution in [0.25, 0.3) is 0 Å². The molecule has 0 radical (unpaired) electrons. The summed E-state index contributed by atoms with van der Waals surface area (Å²) in [4.78, 5) is 27.4. The average molecular weight is 305 g/mol. The Labute approximate surface area is 119 Å². The van der Waals surface area contributed by atoms with E-state index < -0.39 is 17.8 Å². The SMILES string of the molecule is CN(C(=O)c1cn(C)c(=O)[nH]1)C1CCC(C(F)(F)F)CC1. The molecule has 1 heterocycles. The van der Waals surface area contributed by atoms with Crippen LogP contribution in [-0.4, -0.2) is 39.6 Å². The standard InChI is InChI=1S/C13H18F3N3O2/c1-18-7-10(17-12(18)21)11(20)19(2)9-5-3-8(4-6-9)13(14,15)16/h7-9H,3-6H2,1-2H3,(H,17,21). The van der Waals surface area contributed by atoms with Crippen LogP contribution in [0, 0.1) is 5.92 Å². The molecule has 0 spiro atoms. The van der Waals surface area contributed by atoms with Crippen molar-refractivity contribution in [1.82, 2.24) is 14.5 Å². The zero-order chi connectivity index (χ0) is 15.8. The number of nitrogens with one attached hydrogen (secondary N) is 1. The Hall–Kier alpha value is -1.73. The summed E-state index contributed by atoms with van der Waals surface area (Å²) in [5.41, 5.74) is -0.240. The molecule has 118 valence electrons. The molecule has 1 fully saturated rings. The van der Waals surface area contributed by atoms with Gasteiger partial charge in [0.05, 0.1) is 5.92 Å². The van der Waals surface area contributed by atoms with Crippen molar-refractivity contribution in [3.05, 3.63) is 22.4 Å². The summed E-state index contributed by atoms with van der Waals surface area (Å²) in [6.07, 6.45) is -2.04. The van der Waals surface area contributed by atoms with E-state index in [4.69, 9.17) is 0 Å². The lowest BCUT2D eigenvalue weighted by Crippen LogP contribution is -2.41. The fraction of sp³-hybridized carbons (Fsp3) is 0.692. The topological polar surface area (TPSA) is 58.1 Å². The molecule has 1 aliphatic carbocycles. The fourth-order valence-corrected chi connectivity index (χ4v) is 2.74. The van der Waals surface area contributed by atoms with Crippen molar-refractivity contribution >= 4 is 5.91 Å². The summed E-state index contributed by atoms with van der Waals surface area (Å²) in [6.45, 7) is 0. The quantitative estimate of drug-likeness (QED) is 0.907. The smallest absolute Gasteiger partial charge is 0.337 e. The maximum Gasteiger partial charge on any atom is 0.391 e. The van der Waals surface area contributed by atoms with Gasteiger partial charge in [0.1, 0.15) is 5.69 Å². The molecule has 1 N–H and O–H groups in total. The molecule has 0 aromatic carbocycles. The molecule has 1 aromatic rings. The monoisotopic (exact) mass is 305 g/mol. The zero-order valence-corrected chi connectivity index (χ0v) is 11.9. The first kappa shape index (κ1) is 15.7. The number of imidazole rings is 1. The first-order chi connectivity index (χ1) is 9.70. The molecular formula is C13H18F3N3O2. The number of hydrogen-bond donors (Lipinski definition) is 1. The fourth-order valence-electron chi connectivity index (χ4n) is 2.74. The van der Waals surface area contributed by atoms with Crippen LogP contribution >= 0.6 is 0 Å². The van der Waals surface area contributed by atoms with Gasteiger partial charge in [-0.1, -0.05) is 0 Å². The highest BCUT2D eigenvalue weighted by Gasteiger charge is 2.42. The lowest BCUT2D eigenvalue weighted by atomic mass is 9.85. The number of halogens is 3. The summed E-state index contributed by atoms with van der Waals surface area (Å²) in [7, 11) is 3.08. The molecule has 1 saturated carbocycles. The molecule has 1 amide bonds. The number of rotatable bonds is 2. The van der Waals surface area contributed by atoms with E-state index in [0.29, 0.717) is 12.8 Å². The number of nitrogens with zero attached hydrogens (tertiary/aromatic N) is 2. The Morgan fingerprint density at radius 2 is 1.90 bits per heavy atom. The van der Waals surface area contributed by atoms with E-state index >= 15 is 0 Å². The van der Waals surface area contributed by atoms with Crippen molar-refractivity contribution in [2.24, 2.45) is 13.0 Å². The summed E-state index contributed by atoms with van der Waals surface area (Å²) < 4.78 is 39.1. The normalized spacial score (nSPS) is 23.1. The van der Waals surface area contributed by atoms with Crippen LogP contribution in [0.3, 0.4) is 0 Å². The van der Waals surface area contributed by atoms with E-state index in [1.54, 1.807) is 7.05 Å². The van der Waals surface area contributed by atoms with Crippen molar-refractivity contribution in [3.63, 3.8) is 0 Å². The predicted molar refractivity (Wildman–Crippen MR) is 69.9 cm³/mol. The molecule has 0 atom stereocenters. The van der Waals surface area contributed by atoms with Crippen LogP contribution in [0.4, 0.5) is 13.2 Å². The number of aryl methyl sites for hydroxylation is 1. The highest BCUT2D eigenvalue weighted by atomic mass is 19.4. The van der Waals surface area contributed by atoms with E-state index in [2.05, 4.69) is 4.98 Å². The minimum atomic E-state index is -4.15. The molecule has 0 aliphatic heterocycles. The summed E-state index contributed by atoms with van der Waals surface area (Å²) in [6, 6.07) is -0.222. The van der Waals surface area contributed by atoms with Gasteiger partial charge in [0, 0.05) is 26.3 Å². The van der Waals surface area contributed by atoms with Crippen molar-refractivity contribution in [2.75, 3.05) is 7.05 Å². The molecule has 0 unspecified atom stereocenters. The van der Waals surface area contributed by atoms with Crippen LogP contribution in [0.1, 0.15) is 36.2 Å². The number of carbonyl (C=O) groups is 1. The minimum Gasteiger partial charge on any atom is -0.337 e. The third-order valence-electron chi connectivity index (χ3n) is 4.14. The third kappa shape index (κ3) is 3.30. The number of amides is 1. The Bertz CT molecular complexity index is 568. The van der Waals surface area contributed by atoms with Crippen molar-refractivity contribution < 1.29 is 18.0 Å². The van der Waals surface area contributed by atoms with E-state index in [1.165, 1.54) is 22.7 Å². The Morgan fingerprint density at radius 3 is 2.33 bits per heavy atom. The van der Waals surface area contributed by atoms with Crippen LogP contribution in [0.2, 0.25) is 0 Å². The number of aromatic nitrogens is 2. The van der Waals surface area contributed by atoms with Gasteiger partial charge in [0.25, 0.3) is 5.91 Å².